The highest BCUT2D eigenvalue weighted by molar-refractivity contribution is 7.98. The summed E-state index contributed by atoms with van der Waals surface area (Å²) in [5, 5.41) is 0. The maximum Gasteiger partial charge on any atom is 0.586 e. The summed E-state index contributed by atoms with van der Waals surface area (Å²) >= 11 is 1.11. The number of hydrogen-bond donors (Lipinski definition) is 0. The molecule has 1 aromatic carbocycles. The van der Waals surface area contributed by atoms with E-state index >= 15 is 0 Å². The highest BCUT2D eigenvalue weighted by Crippen LogP contribution is 2.48. The predicted octanol–water partition coefficient (Wildman–Crippen LogP) is 3.28. The van der Waals surface area contributed by atoms with Crippen molar-refractivity contribution in [3.05, 3.63) is 17.7 Å². The van der Waals surface area contributed by atoms with Gasteiger partial charge in [-0.2, -0.15) is 0 Å². The van der Waals surface area contributed by atoms with E-state index in [2.05, 4.69) is 9.47 Å². The highest BCUT2D eigenvalue weighted by Gasteiger charge is 2.45. The van der Waals surface area contributed by atoms with Crippen LogP contribution in [0.1, 0.15) is 29.6 Å². The van der Waals surface area contributed by atoms with Crippen molar-refractivity contribution in [3.63, 3.8) is 0 Å². The summed E-state index contributed by atoms with van der Waals surface area (Å²) in [5.41, 5.74) is 0.219. The van der Waals surface area contributed by atoms with Crippen LogP contribution in [-0.2, 0) is 4.79 Å². The third kappa shape index (κ3) is 2.74. The van der Waals surface area contributed by atoms with Crippen molar-refractivity contribution in [3.8, 4) is 11.5 Å². The lowest BCUT2D eigenvalue weighted by molar-refractivity contribution is -0.287. The second-order valence-corrected chi connectivity index (χ2v) is 5.80. The maximum atomic E-state index is 13.1. The fourth-order valence-electron chi connectivity index (χ4n) is 2.21. The molecule has 3 rings (SSSR count). The fraction of sp³-hybridized carbons (Fsp3) is 0.429. The van der Waals surface area contributed by atoms with Crippen molar-refractivity contribution in [2.24, 2.45) is 5.92 Å². The molecule has 0 N–H and O–H groups in total. The maximum absolute atomic E-state index is 13.1. The summed E-state index contributed by atoms with van der Waals surface area (Å²) in [6, 6.07) is 2.67. The van der Waals surface area contributed by atoms with E-state index in [9.17, 15) is 18.4 Å². The van der Waals surface area contributed by atoms with Crippen LogP contribution in [0.4, 0.5) is 8.78 Å². The first-order valence-corrected chi connectivity index (χ1v) is 7.66. The molecule has 0 unspecified atom stereocenters. The van der Waals surface area contributed by atoms with Crippen molar-refractivity contribution in [1.82, 2.24) is 0 Å². The van der Waals surface area contributed by atoms with E-state index < -0.39 is 6.29 Å². The average molecular weight is 314 g/mol. The molecule has 0 aromatic heterocycles. The molecule has 1 heterocycles. The molecule has 4 nitrogen and oxygen atoms in total. The first kappa shape index (κ1) is 14.3. The first-order chi connectivity index (χ1) is 9.91. The van der Waals surface area contributed by atoms with Crippen molar-refractivity contribution < 1.29 is 27.8 Å². The number of thioether (sulfide) groups is 1. The van der Waals surface area contributed by atoms with Gasteiger partial charge >= 0.3 is 6.29 Å². The van der Waals surface area contributed by atoms with Gasteiger partial charge in [-0.3, -0.25) is 9.59 Å². The van der Waals surface area contributed by atoms with E-state index in [-0.39, 0.29) is 45.9 Å². The summed E-state index contributed by atoms with van der Waals surface area (Å²) < 4.78 is 35.0. The quantitative estimate of drug-likeness (QED) is 0.474. The summed E-state index contributed by atoms with van der Waals surface area (Å²) in [6.45, 7) is 0. The summed E-state index contributed by atoms with van der Waals surface area (Å²) in [6.07, 6.45) is -0.620. The number of rotatable bonds is 5. The van der Waals surface area contributed by atoms with Gasteiger partial charge in [-0.25, -0.2) is 0 Å². The molecule has 1 aliphatic carbocycles. The van der Waals surface area contributed by atoms with E-state index in [0.717, 1.165) is 24.6 Å². The van der Waals surface area contributed by atoms with Crippen molar-refractivity contribution in [2.75, 3.05) is 6.26 Å². The lowest BCUT2D eigenvalue weighted by Crippen LogP contribution is -2.26. The standard InChI is InChI=1S/C14H12F2O4S/c1-21-13-8(10(18)6-9(17)7-2-3-7)4-5-11-12(13)20-14(15,16)19-11/h4-5,7H,2-3,6H2,1H3. The Kier molecular flexibility index (Phi) is 3.39. The van der Waals surface area contributed by atoms with E-state index in [4.69, 9.17) is 0 Å². The molecule has 0 spiro atoms. The van der Waals surface area contributed by atoms with Gasteiger partial charge in [0.2, 0.25) is 0 Å². The molecule has 1 aromatic rings. The summed E-state index contributed by atoms with van der Waals surface area (Å²) in [4.78, 5) is 24.2. The van der Waals surface area contributed by atoms with Gasteiger partial charge in [0.05, 0.1) is 11.3 Å². The van der Waals surface area contributed by atoms with Crippen LogP contribution in [0, 0.1) is 5.92 Å². The molecule has 112 valence electrons. The van der Waals surface area contributed by atoms with Crippen LogP contribution in [0.25, 0.3) is 0 Å². The number of ketones is 2. The topological polar surface area (TPSA) is 52.6 Å². The van der Waals surface area contributed by atoms with Crippen LogP contribution >= 0.6 is 11.8 Å². The van der Waals surface area contributed by atoms with Crippen LogP contribution in [0.5, 0.6) is 11.5 Å². The highest BCUT2D eigenvalue weighted by atomic mass is 32.2. The zero-order valence-corrected chi connectivity index (χ0v) is 12.0. The normalized spacial score (nSPS) is 18.6. The van der Waals surface area contributed by atoms with Gasteiger partial charge in [-0.1, -0.05) is 0 Å². The van der Waals surface area contributed by atoms with Gasteiger partial charge in [0, 0.05) is 11.5 Å². The lowest BCUT2D eigenvalue weighted by Gasteiger charge is -2.09. The molecule has 0 radical (unpaired) electrons. The molecule has 1 aliphatic heterocycles. The molecule has 2 aliphatic rings. The molecule has 21 heavy (non-hydrogen) atoms. The van der Waals surface area contributed by atoms with E-state index in [1.807, 2.05) is 0 Å². The number of alkyl halides is 2. The number of ether oxygens (including phenoxy) is 2. The van der Waals surface area contributed by atoms with E-state index in [1.54, 1.807) is 6.26 Å². The molecule has 0 atom stereocenters. The second kappa shape index (κ2) is 4.98. The Labute approximate surface area is 123 Å². The van der Waals surface area contributed by atoms with Gasteiger partial charge in [0.1, 0.15) is 5.78 Å². The molecule has 0 amide bonds. The van der Waals surface area contributed by atoms with E-state index in [0.29, 0.717) is 0 Å². The average Bonchev–Trinajstić information content (AvgIpc) is 3.19. The smallest absolute Gasteiger partial charge is 0.395 e. The summed E-state index contributed by atoms with van der Waals surface area (Å²) in [5.74, 6) is -0.718. The Bertz CT molecular complexity index is 626. The molecule has 7 heteroatoms. The number of halogens is 2. The van der Waals surface area contributed by atoms with E-state index in [1.165, 1.54) is 12.1 Å². The monoisotopic (exact) mass is 314 g/mol. The number of Topliss-reactive ketones (excluding diaryl/α,β-unsaturated/α-hetero) is 2. The first-order valence-electron chi connectivity index (χ1n) is 6.44. The zero-order chi connectivity index (χ0) is 15.2. The molecular formula is C14H12F2O4S. The van der Waals surface area contributed by atoms with Crippen molar-refractivity contribution in [2.45, 2.75) is 30.5 Å². The van der Waals surface area contributed by atoms with Gasteiger partial charge in [0.15, 0.2) is 17.3 Å². The zero-order valence-electron chi connectivity index (χ0n) is 11.2. The molecule has 1 saturated carbocycles. The number of hydrogen-bond acceptors (Lipinski definition) is 5. The van der Waals surface area contributed by atoms with Gasteiger partial charge in [0.25, 0.3) is 0 Å². The molecule has 0 bridgehead atoms. The second-order valence-electron chi connectivity index (χ2n) is 4.98. The summed E-state index contributed by atoms with van der Waals surface area (Å²) in [7, 11) is 0. The largest absolute Gasteiger partial charge is 0.586 e. The Morgan fingerprint density at radius 2 is 2.05 bits per heavy atom. The number of fused-ring (bicyclic) bond motifs is 1. The predicted molar refractivity (Wildman–Crippen MR) is 71.1 cm³/mol. The van der Waals surface area contributed by atoms with Gasteiger partial charge < -0.3 is 9.47 Å². The number of carbonyl (C=O) groups is 2. The minimum Gasteiger partial charge on any atom is -0.395 e. The van der Waals surface area contributed by atoms with Gasteiger partial charge in [-0.05, 0) is 31.2 Å². The Morgan fingerprint density at radius 1 is 1.33 bits per heavy atom. The number of benzene rings is 1. The Morgan fingerprint density at radius 3 is 2.67 bits per heavy atom. The van der Waals surface area contributed by atoms with Crippen molar-refractivity contribution >= 4 is 23.3 Å². The van der Waals surface area contributed by atoms with Crippen molar-refractivity contribution in [1.29, 1.82) is 0 Å². The minimum atomic E-state index is -3.72. The van der Waals surface area contributed by atoms with Crippen LogP contribution in [-0.4, -0.2) is 24.1 Å². The SMILES string of the molecule is CSc1c(C(=O)CC(=O)C2CC2)ccc2c1OC(F)(F)O2. The molecule has 1 fully saturated rings. The lowest BCUT2D eigenvalue weighted by atomic mass is 10.0. The van der Waals surface area contributed by atoms with Crippen LogP contribution in [0.15, 0.2) is 17.0 Å². The van der Waals surface area contributed by atoms with Gasteiger partial charge in [-0.15, -0.1) is 20.5 Å². The third-order valence-corrected chi connectivity index (χ3v) is 4.21. The molecule has 0 saturated heterocycles. The third-order valence-electron chi connectivity index (χ3n) is 3.40. The minimum absolute atomic E-state index is 0.00924. The molecular weight excluding hydrogens is 302 g/mol. The van der Waals surface area contributed by atoms with Crippen LogP contribution in [0.2, 0.25) is 0 Å². The van der Waals surface area contributed by atoms with Crippen LogP contribution < -0.4 is 9.47 Å². The Hall–Kier alpha value is -1.63. The number of carbonyl (C=O) groups excluding carboxylic acids is 2. The van der Waals surface area contributed by atoms with Crippen LogP contribution in [0.3, 0.4) is 0 Å². The Balaban J connectivity index is 1.89. The fourth-order valence-corrected chi connectivity index (χ4v) is 2.94.